The van der Waals surface area contributed by atoms with Gasteiger partial charge in [0.1, 0.15) is 3.57 Å². The molecule has 0 amide bonds. The van der Waals surface area contributed by atoms with Crippen LogP contribution in [0, 0.1) is 13.7 Å². The van der Waals surface area contributed by atoms with E-state index < -0.39 is 37.8 Å². The minimum absolute atomic E-state index is 0.199. The molecule has 0 radical (unpaired) electrons. The Labute approximate surface area is 107 Å². The van der Waals surface area contributed by atoms with Crippen LogP contribution in [0.4, 0.5) is 14.6 Å². The lowest BCUT2D eigenvalue weighted by atomic mass is 10.3. The minimum atomic E-state index is -4.55. The standard InChI is InChI=1S/C6H4F2IN3O4S/c7-4(8)2-1-3(9)5(12(13)14)11-6(2)17(10,15)16/h1,4H,(H2,10,15,16). The molecule has 0 aliphatic carbocycles. The molecule has 0 aliphatic rings. The second kappa shape index (κ2) is 4.73. The van der Waals surface area contributed by atoms with Crippen molar-refractivity contribution in [3.8, 4) is 0 Å². The fraction of sp³-hybridized carbons (Fsp3) is 0.167. The van der Waals surface area contributed by atoms with Gasteiger partial charge in [-0.05, 0) is 38.6 Å². The van der Waals surface area contributed by atoms with E-state index >= 15 is 0 Å². The molecule has 0 saturated heterocycles. The van der Waals surface area contributed by atoms with Crippen LogP contribution >= 0.6 is 22.6 Å². The number of halogens is 3. The van der Waals surface area contributed by atoms with Gasteiger partial charge in [-0.15, -0.1) is 0 Å². The number of nitrogens with zero attached hydrogens (tertiary/aromatic N) is 2. The van der Waals surface area contributed by atoms with E-state index in [0.29, 0.717) is 6.07 Å². The van der Waals surface area contributed by atoms with Crippen LogP contribution in [0.15, 0.2) is 11.1 Å². The van der Waals surface area contributed by atoms with E-state index in [1.54, 1.807) is 0 Å². The van der Waals surface area contributed by atoms with E-state index in [4.69, 9.17) is 0 Å². The number of aromatic nitrogens is 1. The number of rotatable bonds is 3. The fourth-order valence-electron chi connectivity index (χ4n) is 0.989. The van der Waals surface area contributed by atoms with Gasteiger partial charge in [-0.2, -0.15) is 0 Å². The molecule has 1 aromatic heterocycles. The van der Waals surface area contributed by atoms with Crippen molar-refractivity contribution >= 4 is 38.4 Å². The first-order valence-electron chi connectivity index (χ1n) is 3.80. The maximum atomic E-state index is 12.5. The molecule has 1 rings (SSSR count). The maximum absolute atomic E-state index is 12.5. The molecule has 1 heterocycles. The Kier molecular flexibility index (Phi) is 3.93. The third-order valence-corrected chi connectivity index (χ3v) is 3.29. The van der Waals surface area contributed by atoms with Gasteiger partial charge in [0.2, 0.25) is 0 Å². The van der Waals surface area contributed by atoms with Crippen molar-refractivity contribution in [2.24, 2.45) is 5.14 Å². The molecule has 17 heavy (non-hydrogen) atoms. The summed E-state index contributed by atoms with van der Waals surface area (Å²) >= 11 is 1.41. The molecule has 11 heteroatoms. The summed E-state index contributed by atoms with van der Waals surface area (Å²) in [4.78, 5) is 12.6. The first-order valence-corrected chi connectivity index (χ1v) is 6.43. The Morgan fingerprint density at radius 3 is 2.41 bits per heavy atom. The second-order valence-corrected chi connectivity index (χ2v) is 5.43. The SMILES string of the molecule is NS(=O)(=O)c1nc([N+](=O)[O-])c(I)cc1C(F)F. The second-order valence-electron chi connectivity index (χ2n) is 2.79. The monoisotopic (exact) mass is 379 g/mol. The number of nitrogens with two attached hydrogens (primary N) is 1. The van der Waals surface area contributed by atoms with Gasteiger partial charge in [0.25, 0.3) is 21.5 Å². The van der Waals surface area contributed by atoms with Gasteiger partial charge >= 0.3 is 5.82 Å². The highest BCUT2D eigenvalue weighted by atomic mass is 127. The molecule has 0 atom stereocenters. The van der Waals surface area contributed by atoms with Gasteiger partial charge < -0.3 is 10.1 Å². The number of hydrogen-bond acceptors (Lipinski definition) is 5. The van der Waals surface area contributed by atoms with Crippen molar-refractivity contribution in [1.29, 1.82) is 0 Å². The highest BCUT2D eigenvalue weighted by Crippen LogP contribution is 2.30. The summed E-state index contributed by atoms with van der Waals surface area (Å²) < 4.78 is 46.9. The topological polar surface area (TPSA) is 116 Å². The van der Waals surface area contributed by atoms with Crippen LogP contribution < -0.4 is 5.14 Å². The molecule has 0 saturated carbocycles. The number of sulfonamides is 1. The van der Waals surface area contributed by atoms with Crippen molar-refractivity contribution in [3.63, 3.8) is 0 Å². The van der Waals surface area contributed by atoms with E-state index in [-0.39, 0.29) is 3.57 Å². The van der Waals surface area contributed by atoms with Crippen LogP contribution in [0.25, 0.3) is 0 Å². The molecule has 1 aromatic rings. The highest BCUT2D eigenvalue weighted by molar-refractivity contribution is 14.1. The van der Waals surface area contributed by atoms with E-state index in [0.717, 1.165) is 0 Å². The van der Waals surface area contributed by atoms with Crippen LogP contribution in [-0.2, 0) is 10.0 Å². The molecule has 0 unspecified atom stereocenters. The van der Waals surface area contributed by atoms with Gasteiger partial charge in [-0.3, -0.25) is 0 Å². The summed E-state index contributed by atoms with van der Waals surface area (Å²) in [5.41, 5.74) is -0.956. The number of pyridine rings is 1. The zero-order valence-corrected chi connectivity index (χ0v) is 10.8. The quantitative estimate of drug-likeness (QED) is 0.481. The Bertz CT molecular complexity index is 577. The average molecular weight is 379 g/mol. The Morgan fingerprint density at radius 1 is 1.53 bits per heavy atom. The molecule has 7 nitrogen and oxygen atoms in total. The predicted octanol–water partition coefficient (Wildman–Crippen LogP) is 1.18. The first kappa shape index (κ1) is 14.1. The average Bonchev–Trinajstić information content (AvgIpc) is 2.14. The van der Waals surface area contributed by atoms with Crippen LogP contribution in [0.2, 0.25) is 0 Å². The van der Waals surface area contributed by atoms with E-state index in [9.17, 15) is 27.3 Å². The Hall–Kier alpha value is -0.950. The van der Waals surface area contributed by atoms with Crippen molar-refractivity contribution < 1.29 is 22.1 Å². The molecular formula is C6H4F2IN3O4S. The largest absolute Gasteiger partial charge is 0.378 e. The Balaban J connectivity index is 3.66. The normalized spacial score (nSPS) is 11.8. The summed E-state index contributed by atoms with van der Waals surface area (Å²) in [5.74, 6) is -0.834. The van der Waals surface area contributed by atoms with Crippen molar-refractivity contribution in [2.45, 2.75) is 11.5 Å². The van der Waals surface area contributed by atoms with Crippen LogP contribution in [0.1, 0.15) is 12.0 Å². The van der Waals surface area contributed by atoms with Crippen molar-refractivity contribution in [2.75, 3.05) is 0 Å². The molecule has 0 aromatic carbocycles. The number of alkyl halides is 2. The molecular weight excluding hydrogens is 375 g/mol. The predicted molar refractivity (Wildman–Crippen MR) is 59.9 cm³/mol. The maximum Gasteiger partial charge on any atom is 0.378 e. The molecule has 0 fully saturated rings. The third-order valence-electron chi connectivity index (χ3n) is 1.63. The smallest absolute Gasteiger partial charge is 0.358 e. The summed E-state index contributed by atoms with van der Waals surface area (Å²) in [7, 11) is -4.55. The lowest BCUT2D eigenvalue weighted by Crippen LogP contribution is -2.18. The lowest BCUT2D eigenvalue weighted by molar-refractivity contribution is -0.391. The van der Waals surface area contributed by atoms with Crippen LogP contribution in [0.5, 0.6) is 0 Å². The van der Waals surface area contributed by atoms with Gasteiger partial charge in [-0.25, -0.2) is 22.3 Å². The van der Waals surface area contributed by atoms with E-state index in [2.05, 4.69) is 10.1 Å². The Morgan fingerprint density at radius 2 is 2.06 bits per heavy atom. The molecule has 0 spiro atoms. The third kappa shape index (κ3) is 3.04. The summed E-state index contributed by atoms with van der Waals surface area (Å²) in [6.07, 6.45) is -3.15. The van der Waals surface area contributed by atoms with Crippen LogP contribution in [-0.4, -0.2) is 18.3 Å². The van der Waals surface area contributed by atoms with Gasteiger partial charge in [0.05, 0.1) is 5.56 Å². The molecule has 2 N–H and O–H groups in total. The summed E-state index contributed by atoms with van der Waals surface area (Å²) in [6.45, 7) is 0. The van der Waals surface area contributed by atoms with Crippen LogP contribution in [0.3, 0.4) is 0 Å². The molecule has 94 valence electrons. The minimum Gasteiger partial charge on any atom is -0.358 e. The number of nitro groups is 1. The van der Waals surface area contributed by atoms with Gasteiger partial charge in [0, 0.05) is 0 Å². The van der Waals surface area contributed by atoms with Crippen molar-refractivity contribution in [1.82, 2.24) is 4.98 Å². The van der Waals surface area contributed by atoms with Gasteiger partial charge in [-0.1, -0.05) is 0 Å². The van der Waals surface area contributed by atoms with Crippen molar-refractivity contribution in [3.05, 3.63) is 25.3 Å². The summed E-state index contributed by atoms with van der Waals surface area (Å²) in [6, 6.07) is 0.677. The van der Waals surface area contributed by atoms with E-state index in [1.165, 1.54) is 22.6 Å². The number of hydrogen-bond donors (Lipinski definition) is 1. The summed E-state index contributed by atoms with van der Waals surface area (Å²) in [5, 5.41) is 14.0. The van der Waals surface area contributed by atoms with E-state index in [1.807, 2.05) is 0 Å². The zero-order chi connectivity index (χ0) is 13.4. The lowest BCUT2D eigenvalue weighted by Gasteiger charge is -2.04. The number of primary sulfonamides is 1. The molecule has 0 bridgehead atoms. The first-order chi connectivity index (χ1) is 7.64. The highest BCUT2D eigenvalue weighted by Gasteiger charge is 2.31. The van der Waals surface area contributed by atoms with Gasteiger partial charge in [0.15, 0.2) is 0 Å². The zero-order valence-electron chi connectivity index (χ0n) is 7.80. The molecule has 0 aliphatic heterocycles. The fourth-order valence-corrected chi connectivity index (χ4v) is 2.33.